The maximum Gasteiger partial charge on any atom is 0.202 e. The molecule has 8 heterocycles. The van der Waals surface area contributed by atoms with E-state index in [1.165, 1.54) is 12.7 Å². The minimum atomic E-state index is -1.66. The van der Waals surface area contributed by atoms with Gasteiger partial charge in [0.2, 0.25) is 6.29 Å². The summed E-state index contributed by atoms with van der Waals surface area (Å²) in [4.78, 5) is 0. The molecule has 0 aromatic heterocycles. The van der Waals surface area contributed by atoms with Gasteiger partial charge in [0.15, 0.2) is 42.5 Å². The summed E-state index contributed by atoms with van der Waals surface area (Å²) in [6.45, 7) is 14.3. The number of hydrogen-bond donors (Lipinski definition) is 5. The highest BCUT2D eigenvalue weighted by Gasteiger charge is 2.83. The van der Waals surface area contributed by atoms with Crippen molar-refractivity contribution in [3.05, 3.63) is 23.2 Å². The molecular formula is C55H86O22. The third-order valence-electron chi connectivity index (χ3n) is 20.0. The topological polar surface area (TPSA) is 258 Å². The SMILES string of the molecule is COC1=C(OC2CC(OC)C(OC3CC(OC)C(OC4OC(C)C(OC5OC(CO)C(O)C(O)C5O)C(OC)C4O)C(C)O3)C(C)O2)C(C)OC(OC2CCC3(C)C(=CCC4C3CCC3(C)C5C6COC5(C)OC43O6)C2)C1. The van der Waals surface area contributed by atoms with Crippen LogP contribution in [0.4, 0.5) is 0 Å². The normalized spacial score (nSPS) is 54.3. The maximum atomic E-state index is 11.5. The van der Waals surface area contributed by atoms with E-state index in [0.717, 1.165) is 38.5 Å². The molecule has 3 aliphatic carbocycles. The van der Waals surface area contributed by atoms with Crippen molar-refractivity contribution in [2.45, 2.75) is 253 Å². The van der Waals surface area contributed by atoms with Gasteiger partial charge in [0.25, 0.3) is 0 Å². The van der Waals surface area contributed by atoms with Gasteiger partial charge in [-0.15, -0.1) is 0 Å². The van der Waals surface area contributed by atoms with Crippen molar-refractivity contribution in [3.63, 3.8) is 0 Å². The first-order valence-corrected chi connectivity index (χ1v) is 28.2. The van der Waals surface area contributed by atoms with Crippen molar-refractivity contribution >= 4 is 0 Å². The lowest BCUT2D eigenvalue weighted by molar-refractivity contribution is -0.373. The third-order valence-corrected chi connectivity index (χ3v) is 20.0. The number of allylic oxidation sites excluding steroid dienone is 1. The van der Waals surface area contributed by atoms with Crippen molar-refractivity contribution in [1.29, 1.82) is 0 Å². The Morgan fingerprint density at radius 1 is 0.649 bits per heavy atom. The minimum Gasteiger partial charge on any atom is -0.497 e. The zero-order valence-corrected chi connectivity index (χ0v) is 46.5. The predicted molar refractivity (Wildman–Crippen MR) is 263 cm³/mol. The molecule has 7 saturated heterocycles. The molecule has 77 heavy (non-hydrogen) atoms. The van der Waals surface area contributed by atoms with Gasteiger partial charge >= 0.3 is 0 Å². The van der Waals surface area contributed by atoms with Crippen molar-refractivity contribution < 1.29 is 106 Å². The molecule has 2 saturated carbocycles. The fourth-order valence-electron chi connectivity index (χ4n) is 16.1. The maximum absolute atomic E-state index is 11.5. The van der Waals surface area contributed by atoms with Crippen LogP contribution in [0.15, 0.2) is 23.2 Å². The summed E-state index contributed by atoms with van der Waals surface area (Å²) < 4.78 is 107. The number of rotatable bonds is 15. The van der Waals surface area contributed by atoms with Crippen LogP contribution in [0.2, 0.25) is 0 Å². The minimum absolute atomic E-state index is 0.00229. The van der Waals surface area contributed by atoms with Crippen LogP contribution in [0.1, 0.15) is 106 Å². The first-order valence-electron chi connectivity index (χ1n) is 28.2. The fourth-order valence-corrected chi connectivity index (χ4v) is 16.1. The van der Waals surface area contributed by atoms with Crippen LogP contribution in [0.3, 0.4) is 0 Å². The lowest BCUT2D eigenvalue weighted by Gasteiger charge is -2.59. The second-order valence-electron chi connectivity index (χ2n) is 24.3. The molecule has 0 amide bonds. The molecule has 9 fully saturated rings. The Labute approximate surface area is 451 Å². The summed E-state index contributed by atoms with van der Waals surface area (Å²) in [6.07, 6.45) is -9.36. The third kappa shape index (κ3) is 9.58. The first kappa shape index (κ1) is 57.1. The van der Waals surface area contributed by atoms with Gasteiger partial charge < -0.3 is 106 Å². The highest BCUT2D eigenvalue weighted by molar-refractivity contribution is 5.30. The standard InChI is InChI=1S/C55H86O22/c1-24-44(32(61-8)19-37(66-24)70-29-14-16-52(5)28(18-29)12-13-31-30(52)15-17-53(6)49-36-23-65-54(49,7)77-55(31,53)76-36)72-38-20-33(62-9)45(25(2)67-38)73-39-21-34(63-10)46(26(3)68-39)74-51-43(60)48(64-11)47(27(4)69-51)75-50-42(59)41(58)40(57)35(22-56)71-50/h12,24-27,29-31,33-43,45-51,56-60H,13-23H2,1-11H3. The van der Waals surface area contributed by atoms with E-state index in [0.29, 0.717) is 36.9 Å². The molecule has 11 rings (SSSR count). The number of ether oxygens (including phenoxy) is 17. The van der Waals surface area contributed by atoms with Gasteiger partial charge in [0.05, 0.1) is 75.4 Å². The smallest absolute Gasteiger partial charge is 0.202 e. The van der Waals surface area contributed by atoms with E-state index in [1.54, 1.807) is 28.3 Å². The first-order chi connectivity index (χ1) is 36.7. The predicted octanol–water partition coefficient (Wildman–Crippen LogP) is 2.80. The summed E-state index contributed by atoms with van der Waals surface area (Å²) in [5.41, 5.74) is 1.48. The second kappa shape index (κ2) is 21.8. The van der Waals surface area contributed by atoms with Crippen LogP contribution >= 0.6 is 0 Å². The molecule has 8 aliphatic heterocycles. The molecule has 0 radical (unpaired) electrons. The summed E-state index contributed by atoms with van der Waals surface area (Å²) in [5, 5.41) is 52.4. The lowest BCUT2D eigenvalue weighted by atomic mass is 9.48. The molecular weight excluding hydrogens is 1010 g/mol. The van der Waals surface area contributed by atoms with Crippen LogP contribution in [-0.4, -0.2) is 214 Å². The van der Waals surface area contributed by atoms with Gasteiger partial charge in [-0.25, -0.2) is 0 Å². The summed E-state index contributed by atoms with van der Waals surface area (Å²) in [7, 11) is 6.20. The zero-order valence-electron chi connectivity index (χ0n) is 46.5. The number of hydrogen-bond acceptors (Lipinski definition) is 22. The van der Waals surface area contributed by atoms with Gasteiger partial charge in [-0.3, -0.25) is 0 Å². The van der Waals surface area contributed by atoms with Gasteiger partial charge in [0.1, 0.15) is 66.8 Å². The number of aliphatic hydroxyl groups excluding tert-OH is 5. The Morgan fingerprint density at radius 2 is 1.32 bits per heavy atom. The van der Waals surface area contributed by atoms with Crippen LogP contribution in [0.5, 0.6) is 0 Å². The van der Waals surface area contributed by atoms with Crippen LogP contribution in [0, 0.1) is 28.6 Å². The number of fused-ring (bicyclic) bond motifs is 3. The van der Waals surface area contributed by atoms with Crippen molar-refractivity contribution in [2.75, 3.05) is 41.7 Å². The molecule has 0 aromatic rings. The Morgan fingerprint density at radius 3 is 2.01 bits per heavy atom. The average Bonchev–Trinajstić information content (AvgIpc) is 3.94. The van der Waals surface area contributed by atoms with E-state index < -0.39 is 141 Å². The van der Waals surface area contributed by atoms with Crippen LogP contribution in [0.25, 0.3) is 0 Å². The Hall–Kier alpha value is -1.72. The van der Waals surface area contributed by atoms with Crippen LogP contribution < -0.4 is 0 Å². The van der Waals surface area contributed by atoms with Gasteiger partial charge in [0, 0.05) is 45.5 Å². The van der Waals surface area contributed by atoms with Crippen molar-refractivity contribution in [1.82, 2.24) is 0 Å². The fraction of sp³-hybridized carbons (Fsp3) is 0.927. The number of methoxy groups -OCH3 is 4. The van der Waals surface area contributed by atoms with Gasteiger partial charge in [-0.1, -0.05) is 25.5 Å². The van der Waals surface area contributed by atoms with E-state index in [-0.39, 0.29) is 41.3 Å². The van der Waals surface area contributed by atoms with Crippen molar-refractivity contribution in [2.24, 2.45) is 28.6 Å². The zero-order chi connectivity index (χ0) is 54.7. The van der Waals surface area contributed by atoms with E-state index in [4.69, 9.17) is 80.5 Å². The molecule has 438 valence electrons. The van der Waals surface area contributed by atoms with E-state index in [1.807, 2.05) is 20.8 Å². The monoisotopic (exact) mass is 1100 g/mol. The lowest BCUT2D eigenvalue weighted by Crippen LogP contribution is -2.65. The Kier molecular flexibility index (Phi) is 16.2. The Balaban J connectivity index is 0.671. The molecule has 22 heteroatoms. The highest BCUT2D eigenvalue weighted by Crippen LogP contribution is 2.76. The second-order valence-corrected chi connectivity index (χ2v) is 24.3. The molecule has 22 nitrogen and oxygen atoms in total. The van der Waals surface area contributed by atoms with E-state index >= 15 is 0 Å². The van der Waals surface area contributed by atoms with Crippen LogP contribution in [-0.2, 0) is 80.5 Å². The molecule has 0 spiro atoms. The van der Waals surface area contributed by atoms with Gasteiger partial charge in [-0.05, 0) is 84.5 Å². The van der Waals surface area contributed by atoms with E-state index in [2.05, 4.69) is 26.8 Å². The largest absolute Gasteiger partial charge is 0.497 e. The highest BCUT2D eigenvalue weighted by atomic mass is 16.8. The van der Waals surface area contributed by atoms with Gasteiger partial charge in [-0.2, -0.15) is 0 Å². The summed E-state index contributed by atoms with van der Waals surface area (Å²) >= 11 is 0. The molecule has 0 aromatic carbocycles. The molecule has 5 N–H and O–H groups in total. The molecule has 29 atom stereocenters. The number of aliphatic hydroxyl groups is 5. The molecule has 2 bridgehead atoms. The Bertz CT molecular complexity index is 2150. The molecule has 11 aliphatic rings. The van der Waals surface area contributed by atoms with E-state index in [9.17, 15) is 25.5 Å². The average molecular weight is 1100 g/mol. The molecule has 29 unspecified atom stereocenters. The quantitative estimate of drug-likeness (QED) is 0.148. The summed E-state index contributed by atoms with van der Waals surface area (Å²) in [6, 6.07) is 0. The summed E-state index contributed by atoms with van der Waals surface area (Å²) in [5.74, 6) is 1.06. The van der Waals surface area contributed by atoms with Crippen molar-refractivity contribution in [3.8, 4) is 0 Å².